The van der Waals surface area contributed by atoms with Gasteiger partial charge in [-0.3, -0.25) is 14.8 Å². The molecule has 11 heteroatoms. The van der Waals surface area contributed by atoms with Crippen LogP contribution in [0.3, 0.4) is 0 Å². The van der Waals surface area contributed by atoms with Gasteiger partial charge in [0.05, 0.1) is 24.5 Å². The van der Waals surface area contributed by atoms with Gasteiger partial charge in [-0.2, -0.15) is 18.3 Å². The van der Waals surface area contributed by atoms with Crippen LogP contribution in [0.15, 0.2) is 29.6 Å². The minimum Gasteiger partial charge on any atom is -0.442 e. The molecule has 2 aliphatic rings. The van der Waals surface area contributed by atoms with Crippen molar-refractivity contribution in [2.45, 2.75) is 38.5 Å². The number of hydrogen-bond acceptors (Lipinski definition) is 5. The predicted molar refractivity (Wildman–Crippen MR) is 121 cm³/mol. The molecule has 1 fully saturated rings. The highest BCUT2D eigenvalue weighted by molar-refractivity contribution is 7.10. The van der Waals surface area contributed by atoms with Crippen LogP contribution in [-0.4, -0.2) is 41.4 Å². The third kappa shape index (κ3) is 4.15. The fourth-order valence-electron chi connectivity index (χ4n) is 4.43. The fraction of sp³-hybridized carbons (Fsp3) is 0.348. The number of H-pyrrole nitrogens is 1. The van der Waals surface area contributed by atoms with Gasteiger partial charge < -0.3 is 10.1 Å². The van der Waals surface area contributed by atoms with Crippen molar-refractivity contribution in [1.82, 2.24) is 15.5 Å². The van der Waals surface area contributed by atoms with Crippen molar-refractivity contribution in [3.05, 3.63) is 45.6 Å². The van der Waals surface area contributed by atoms with Gasteiger partial charge in [-0.25, -0.2) is 4.79 Å². The molecule has 178 valence electrons. The zero-order valence-corrected chi connectivity index (χ0v) is 19.0. The van der Waals surface area contributed by atoms with Crippen molar-refractivity contribution in [3.8, 4) is 22.5 Å². The number of aromatic amines is 1. The average molecular weight is 491 g/mol. The van der Waals surface area contributed by atoms with Gasteiger partial charge in [0.1, 0.15) is 11.0 Å². The SMILES string of the molecule is CC(=O)NC[C@H]1CN(c2ccc3c(c2)CCCc2c(-c4csc(C(F)(F)F)c4)n[nH]c2-3)C(=O)O1. The van der Waals surface area contributed by atoms with Crippen LogP contribution in [0.1, 0.15) is 29.3 Å². The summed E-state index contributed by atoms with van der Waals surface area (Å²) in [5, 5.41) is 11.5. The highest BCUT2D eigenvalue weighted by Crippen LogP contribution is 2.41. The summed E-state index contributed by atoms with van der Waals surface area (Å²) >= 11 is 0.666. The Morgan fingerprint density at radius 1 is 1.32 bits per heavy atom. The molecule has 34 heavy (non-hydrogen) atoms. The molecule has 2 N–H and O–H groups in total. The number of aromatic nitrogens is 2. The molecular weight excluding hydrogens is 469 g/mol. The number of alkyl halides is 3. The Bertz CT molecular complexity index is 1270. The summed E-state index contributed by atoms with van der Waals surface area (Å²) in [5.41, 5.74) is 5.33. The van der Waals surface area contributed by atoms with Crippen LogP contribution in [0.5, 0.6) is 0 Å². The third-order valence-electron chi connectivity index (χ3n) is 6.01. The summed E-state index contributed by atoms with van der Waals surface area (Å²) < 4.78 is 44.6. The number of ether oxygens (including phenoxy) is 1. The van der Waals surface area contributed by atoms with Crippen LogP contribution in [0.2, 0.25) is 0 Å². The zero-order chi connectivity index (χ0) is 24.0. The smallest absolute Gasteiger partial charge is 0.425 e. The molecule has 3 heterocycles. The minimum absolute atomic E-state index is 0.189. The van der Waals surface area contributed by atoms with Crippen LogP contribution in [-0.2, 0) is 28.5 Å². The van der Waals surface area contributed by atoms with Gasteiger partial charge in [0.25, 0.3) is 0 Å². The summed E-state index contributed by atoms with van der Waals surface area (Å²) in [6.07, 6.45) is -3.05. The Labute approximate surface area is 196 Å². The van der Waals surface area contributed by atoms with Gasteiger partial charge in [-0.1, -0.05) is 6.07 Å². The van der Waals surface area contributed by atoms with E-state index in [2.05, 4.69) is 15.5 Å². The first-order valence-electron chi connectivity index (χ1n) is 10.8. The first-order chi connectivity index (χ1) is 16.2. The predicted octanol–water partition coefficient (Wildman–Crippen LogP) is 4.77. The number of nitrogens with one attached hydrogen (secondary N) is 2. The number of anilines is 1. The summed E-state index contributed by atoms with van der Waals surface area (Å²) in [4.78, 5) is 24.4. The topological polar surface area (TPSA) is 87.3 Å². The molecule has 5 rings (SSSR count). The lowest BCUT2D eigenvalue weighted by atomic mass is 10.00. The number of benzene rings is 1. The molecular formula is C23H21F3N4O3S. The van der Waals surface area contributed by atoms with Crippen LogP contribution in [0, 0.1) is 0 Å². The summed E-state index contributed by atoms with van der Waals surface area (Å²) in [6.45, 7) is 1.99. The van der Waals surface area contributed by atoms with Crippen molar-refractivity contribution in [2.24, 2.45) is 0 Å². The molecule has 1 aromatic carbocycles. The van der Waals surface area contributed by atoms with Gasteiger partial charge >= 0.3 is 12.3 Å². The van der Waals surface area contributed by atoms with E-state index in [1.54, 1.807) is 4.90 Å². The van der Waals surface area contributed by atoms with Crippen LogP contribution < -0.4 is 10.2 Å². The van der Waals surface area contributed by atoms with Crippen molar-refractivity contribution in [2.75, 3.05) is 18.0 Å². The summed E-state index contributed by atoms with van der Waals surface area (Å²) in [5.74, 6) is -0.189. The molecule has 7 nitrogen and oxygen atoms in total. The quantitative estimate of drug-likeness (QED) is 0.551. The second-order valence-electron chi connectivity index (χ2n) is 8.37. The molecule has 1 aliphatic heterocycles. The number of rotatable bonds is 4. The maximum absolute atomic E-state index is 13.1. The Morgan fingerprint density at radius 3 is 2.88 bits per heavy atom. The number of fused-ring (bicyclic) bond motifs is 3. The average Bonchev–Trinajstić information content (AvgIpc) is 3.48. The monoisotopic (exact) mass is 490 g/mol. The number of hydrogen-bond donors (Lipinski definition) is 2. The number of thiophene rings is 1. The maximum atomic E-state index is 13.1. The lowest BCUT2D eigenvalue weighted by Crippen LogP contribution is -2.33. The summed E-state index contributed by atoms with van der Waals surface area (Å²) in [7, 11) is 0. The molecule has 0 spiro atoms. The van der Waals surface area contributed by atoms with Crippen molar-refractivity contribution < 1.29 is 27.5 Å². The Morgan fingerprint density at radius 2 is 2.15 bits per heavy atom. The molecule has 1 atom stereocenters. The van der Waals surface area contributed by atoms with E-state index in [9.17, 15) is 22.8 Å². The fourth-order valence-corrected chi connectivity index (χ4v) is 5.19. The Hall–Kier alpha value is -3.34. The number of aryl methyl sites for hydroxylation is 1. The van der Waals surface area contributed by atoms with E-state index in [4.69, 9.17) is 4.74 Å². The minimum atomic E-state index is -4.38. The standard InChI is InChI=1S/C23H21F3N4O3S/c1-12(31)27-9-16-10-30(22(32)33-16)15-5-6-17-13(7-15)3-2-4-18-20(28-29-21(17)18)14-8-19(34-11-14)23(24,25)26/h5-8,11,16H,2-4,9-10H2,1H3,(H,27,31)(H,28,29)/t16-/m0/s1. The molecule has 0 unspecified atom stereocenters. The Balaban J connectivity index is 1.42. The van der Waals surface area contributed by atoms with Gasteiger partial charge in [-0.05, 0) is 43.0 Å². The van der Waals surface area contributed by atoms with Gasteiger partial charge in [0.15, 0.2) is 0 Å². The van der Waals surface area contributed by atoms with E-state index in [-0.39, 0.29) is 12.5 Å². The van der Waals surface area contributed by atoms with E-state index in [0.717, 1.165) is 41.3 Å². The molecule has 2 aromatic heterocycles. The first-order valence-corrected chi connectivity index (χ1v) is 11.7. The number of carbonyl (C=O) groups excluding carboxylic acids is 2. The normalized spacial score (nSPS) is 17.7. The van der Waals surface area contributed by atoms with E-state index >= 15 is 0 Å². The molecule has 0 radical (unpaired) electrons. The Kier molecular flexibility index (Phi) is 5.59. The van der Waals surface area contributed by atoms with E-state index < -0.39 is 23.3 Å². The highest BCUT2D eigenvalue weighted by Gasteiger charge is 2.34. The van der Waals surface area contributed by atoms with E-state index in [1.807, 2.05) is 18.2 Å². The molecule has 0 bridgehead atoms. The molecule has 1 saturated heterocycles. The molecule has 2 amide bonds. The lowest BCUT2D eigenvalue weighted by Gasteiger charge is -2.16. The van der Waals surface area contributed by atoms with Crippen LogP contribution in [0.25, 0.3) is 22.5 Å². The van der Waals surface area contributed by atoms with Gasteiger partial charge in [-0.15, -0.1) is 11.3 Å². The number of cyclic esters (lactones) is 1. The number of carbonyl (C=O) groups is 2. The summed E-state index contributed by atoms with van der Waals surface area (Å²) in [6, 6.07) is 6.81. The first kappa shape index (κ1) is 22.5. The lowest BCUT2D eigenvalue weighted by molar-refractivity contribution is -0.134. The van der Waals surface area contributed by atoms with Crippen LogP contribution in [0.4, 0.5) is 23.7 Å². The zero-order valence-electron chi connectivity index (χ0n) is 18.2. The third-order valence-corrected chi connectivity index (χ3v) is 6.99. The van der Waals surface area contributed by atoms with Crippen molar-refractivity contribution in [1.29, 1.82) is 0 Å². The number of amides is 2. The van der Waals surface area contributed by atoms with Crippen molar-refractivity contribution in [3.63, 3.8) is 0 Å². The van der Waals surface area contributed by atoms with E-state index in [0.29, 0.717) is 41.2 Å². The second kappa shape index (κ2) is 8.46. The van der Waals surface area contributed by atoms with E-state index in [1.165, 1.54) is 12.3 Å². The van der Waals surface area contributed by atoms with Gasteiger partial charge in [0, 0.05) is 34.7 Å². The maximum Gasteiger partial charge on any atom is 0.425 e. The molecule has 0 saturated carbocycles. The molecule has 3 aromatic rings. The number of nitrogens with zero attached hydrogens (tertiary/aromatic N) is 2. The van der Waals surface area contributed by atoms with Gasteiger partial charge in [0.2, 0.25) is 5.91 Å². The van der Waals surface area contributed by atoms with Crippen molar-refractivity contribution >= 4 is 29.0 Å². The highest BCUT2D eigenvalue weighted by atomic mass is 32.1. The number of halogens is 3. The largest absolute Gasteiger partial charge is 0.442 e. The molecule has 1 aliphatic carbocycles. The van der Waals surface area contributed by atoms with Crippen LogP contribution >= 0.6 is 11.3 Å². The second-order valence-corrected chi connectivity index (χ2v) is 9.28.